The zero-order chi connectivity index (χ0) is 14.5. The number of nitrogens with zero attached hydrogens (tertiary/aromatic N) is 1. The predicted molar refractivity (Wildman–Crippen MR) is 83.5 cm³/mol. The molecule has 20 heavy (non-hydrogen) atoms. The number of nitrogens with one attached hydrogen (secondary N) is 1. The quantitative estimate of drug-likeness (QED) is 0.635. The van der Waals surface area contributed by atoms with E-state index >= 15 is 0 Å². The Morgan fingerprint density at radius 3 is 2.75 bits per heavy atom. The summed E-state index contributed by atoms with van der Waals surface area (Å²) in [6.07, 6.45) is 0. The van der Waals surface area contributed by atoms with Crippen molar-refractivity contribution in [3.05, 3.63) is 51.7 Å². The number of amidine groups is 1. The molecule has 0 aliphatic rings. The Kier molecular flexibility index (Phi) is 4.76. The van der Waals surface area contributed by atoms with Crippen LogP contribution in [0.3, 0.4) is 0 Å². The van der Waals surface area contributed by atoms with Gasteiger partial charge in [-0.3, -0.25) is 10.3 Å². The molecule has 0 bridgehead atoms. The fourth-order valence-corrected chi connectivity index (χ4v) is 2.88. The largest absolute Gasteiger partial charge is 0.496 e. The molecule has 1 heterocycles. The van der Waals surface area contributed by atoms with E-state index in [2.05, 4.69) is 29.5 Å². The van der Waals surface area contributed by atoms with Gasteiger partial charge in [0.25, 0.3) is 0 Å². The van der Waals surface area contributed by atoms with Crippen molar-refractivity contribution in [3.63, 3.8) is 0 Å². The first-order valence-corrected chi connectivity index (χ1v) is 7.20. The Bertz CT molecular complexity index is 581. The molecule has 0 aliphatic heterocycles. The van der Waals surface area contributed by atoms with Crippen LogP contribution in [0.25, 0.3) is 0 Å². The summed E-state index contributed by atoms with van der Waals surface area (Å²) in [7, 11) is 3.69. The lowest BCUT2D eigenvalue weighted by molar-refractivity contribution is 0.321. The number of hydrogen-bond donors (Lipinski definition) is 2. The van der Waals surface area contributed by atoms with Crippen molar-refractivity contribution in [2.45, 2.75) is 13.1 Å². The predicted octanol–water partition coefficient (Wildman–Crippen LogP) is 2.67. The van der Waals surface area contributed by atoms with Gasteiger partial charge < -0.3 is 10.5 Å². The molecular formula is C15H19N3OS. The van der Waals surface area contributed by atoms with Gasteiger partial charge in [0.2, 0.25) is 0 Å². The molecular weight excluding hydrogens is 270 g/mol. The van der Waals surface area contributed by atoms with Crippen LogP contribution < -0.4 is 10.5 Å². The zero-order valence-corrected chi connectivity index (χ0v) is 12.5. The lowest BCUT2D eigenvalue weighted by Gasteiger charge is -2.17. The third kappa shape index (κ3) is 3.59. The molecule has 0 saturated carbocycles. The van der Waals surface area contributed by atoms with Crippen LogP contribution in [0.2, 0.25) is 0 Å². The number of nitrogen functional groups attached to an aromatic ring is 1. The van der Waals surface area contributed by atoms with Crippen LogP contribution >= 0.6 is 11.3 Å². The molecule has 0 amide bonds. The highest BCUT2D eigenvalue weighted by molar-refractivity contribution is 7.09. The van der Waals surface area contributed by atoms with Gasteiger partial charge in [0.1, 0.15) is 11.6 Å². The SMILES string of the molecule is COc1cc(CN(C)Cc2cccs2)ccc1C(=N)N. The van der Waals surface area contributed by atoms with Gasteiger partial charge in [-0.25, -0.2) is 0 Å². The molecule has 0 saturated heterocycles. The van der Waals surface area contributed by atoms with Crippen LogP contribution in [0.4, 0.5) is 0 Å². The maximum Gasteiger partial charge on any atom is 0.130 e. The Hall–Kier alpha value is -1.85. The Morgan fingerprint density at radius 2 is 2.15 bits per heavy atom. The van der Waals surface area contributed by atoms with E-state index in [0.29, 0.717) is 11.3 Å². The smallest absolute Gasteiger partial charge is 0.130 e. The van der Waals surface area contributed by atoms with E-state index in [4.69, 9.17) is 15.9 Å². The van der Waals surface area contributed by atoms with Crippen molar-refractivity contribution in [1.29, 1.82) is 5.41 Å². The summed E-state index contributed by atoms with van der Waals surface area (Å²) in [5.41, 5.74) is 7.31. The summed E-state index contributed by atoms with van der Waals surface area (Å²) in [4.78, 5) is 3.59. The van der Waals surface area contributed by atoms with Gasteiger partial charge >= 0.3 is 0 Å². The number of ether oxygens (including phenoxy) is 1. The van der Waals surface area contributed by atoms with E-state index in [1.165, 1.54) is 4.88 Å². The van der Waals surface area contributed by atoms with Gasteiger partial charge in [-0.05, 0) is 36.2 Å². The number of nitrogens with two attached hydrogens (primary N) is 1. The van der Waals surface area contributed by atoms with Gasteiger partial charge in [-0.15, -0.1) is 11.3 Å². The van der Waals surface area contributed by atoms with E-state index in [-0.39, 0.29) is 5.84 Å². The molecule has 0 aliphatic carbocycles. The summed E-state index contributed by atoms with van der Waals surface area (Å²) in [5.74, 6) is 0.680. The molecule has 106 valence electrons. The fraction of sp³-hybridized carbons (Fsp3) is 0.267. The van der Waals surface area contributed by atoms with Crippen LogP contribution in [0, 0.1) is 5.41 Å². The molecule has 0 radical (unpaired) electrons. The second kappa shape index (κ2) is 6.54. The molecule has 0 atom stereocenters. The molecule has 4 nitrogen and oxygen atoms in total. The minimum Gasteiger partial charge on any atom is -0.496 e. The number of benzene rings is 1. The van der Waals surface area contributed by atoms with Gasteiger partial charge in [-0.2, -0.15) is 0 Å². The van der Waals surface area contributed by atoms with E-state index in [9.17, 15) is 0 Å². The average Bonchev–Trinajstić information content (AvgIpc) is 2.90. The highest BCUT2D eigenvalue weighted by Gasteiger charge is 2.09. The van der Waals surface area contributed by atoms with Gasteiger partial charge in [0.15, 0.2) is 0 Å². The fourth-order valence-electron chi connectivity index (χ4n) is 2.09. The molecule has 5 heteroatoms. The molecule has 0 unspecified atom stereocenters. The summed E-state index contributed by atoms with van der Waals surface area (Å²) in [6.45, 7) is 1.75. The van der Waals surface area contributed by atoms with Crippen molar-refractivity contribution in [2.24, 2.45) is 5.73 Å². The van der Waals surface area contributed by atoms with Crippen LogP contribution in [-0.4, -0.2) is 24.9 Å². The van der Waals surface area contributed by atoms with Gasteiger partial charge in [0, 0.05) is 18.0 Å². The van der Waals surface area contributed by atoms with Crippen LogP contribution in [-0.2, 0) is 13.1 Å². The Morgan fingerprint density at radius 1 is 1.35 bits per heavy atom. The second-order valence-corrected chi connectivity index (χ2v) is 5.73. The van der Waals surface area contributed by atoms with Crippen LogP contribution in [0.5, 0.6) is 5.75 Å². The topological polar surface area (TPSA) is 62.3 Å². The van der Waals surface area contributed by atoms with Gasteiger partial charge in [0.05, 0.1) is 12.7 Å². The number of thiophene rings is 1. The van der Waals surface area contributed by atoms with E-state index in [1.54, 1.807) is 18.4 Å². The Balaban J connectivity index is 2.07. The third-order valence-electron chi connectivity index (χ3n) is 3.01. The van der Waals surface area contributed by atoms with Crippen LogP contribution in [0.1, 0.15) is 16.0 Å². The van der Waals surface area contributed by atoms with Crippen LogP contribution in [0.15, 0.2) is 35.7 Å². The molecule has 2 aromatic rings. The molecule has 1 aromatic carbocycles. The maximum absolute atomic E-state index is 7.51. The van der Waals surface area contributed by atoms with Gasteiger partial charge in [-0.1, -0.05) is 12.1 Å². The number of methoxy groups -OCH3 is 1. The minimum atomic E-state index is 0.0281. The van der Waals surface area contributed by atoms with Crippen molar-refractivity contribution < 1.29 is 4.74 Å². The highest BCUT2D eigenvalue weighted by Crippen LogP contribution is 2.21. The van der Waals surface area contributed by atoms with Crippen molar-refractivity contribution in [1.82, 2.24) is 4.90 Å². The number of hydrogen-bond acceptors (Lipinski definition) is 4. The average molecular weight is 289 g/mol. The molecule has 0 fully saturated rings. The van der Waals surface area contributed by atoms with E-state index in [0.717, 1.165) is 18.7 Å². The van der Waals surface area contributed by atoms with Crippen molar-refractivity contribution in [2.75, 3.05) is 14.2 Å². The lowest BCUT2D eigenvalue weighted by Crippen LogP contribution is -2.17. The minimum absolute atomic E-state index is 0.0281. The van der Waals surface area contributed by atoms with E-state index < -0.39 is 0 Å². The molecule has 2 rings (SSSR count). The molecule has 0 spiro atoms. The zero-order valence-electron chi connectivity index (χ0n) is 11.7. The highest BCUT2D eigenvalue weighted by atomic mass is 32.1. The molecule has 3 N–H and O–H groups in total. The maximum atomic E-state index is 7.51. The van der Waals surface area contributed by atoms with Crippen molar-refractivity contribution >= 4 is 17.2 Å². The normalized spacial score (nSPS) is 10.8. The lowest BCUT2D eigenvalue weighted by atomic mass is 10.1. The number of rotatable bonds is 6. The summed E-state index contributed by atoms with van der Waals surface area (Å²) >= 11 is 1.76. The standard InChI is InChI=1S/C15H19N3OS/c1-18(10-12-4-3-7-20-12)9-11-5-6-13(15(16)17)14(8-11)19-2/h3-8H,9-10H2,1-2H3,(H3,16,17). The first kappa shape index (κ1) is 14.6. The van der Waals surface area contributed by atoms with Crippen molar-refractivity contribution in [3.8, 4) is 5.75 Å². The first-order valence-electron chi connectivity index (χ1n) is 6.32. The summed E-state index contributed by atoms with van der Waals surface area (Å²) < 4.78 is 5.30. The summed E-state index contributed by atoms with van der Waals surface area (Å²) in [5, 5.41) is 9.60. The first-order chi connectivity index (χ1) is 9.60. The second-order valence-electron chi connectivity index (χ2n) is 4.70. The molecule has 1 aromatic heterocycles. The van der Waals surface area contributed by atoms with E-state index in [1.807, 2.05) is 18.2 Å². The summed E-state index contributed by atoms with van der Waals surface area (Å²) in [6, 6.07) is 9.99. The third-order valence-corrected chi connectivity index (χ3v) is 3.88. The Labute approximate surface area is 123 Å². The monoisotopic (exact) mass is 289 g/mol.